The van der Waals surface area contributed by atoms with Crippen molar-refractivity contribution < 1.29 is 0 Å². The van der Waals surface area contributed by atoms with E-state index in [2.05, 4.69) is 10.4 Å². The molecule has 0 saturated heterocycles. The smallest absolute Gasteiger partial charge is 0.105 e. The van der Waals surface area contributed by atoms with Crippen LogP contribution in [0, 0.1) is 4.91 Å². The summed E-state index contributed by atoms with van der Waals surface area (Å²) in [5, 5.41) is 8.58. The van der Waals surface area contributed by atoms with Crippen molar-refractivity contribution in [2.45, 2.75) is 12.5 Å². The molecular weight excluding hydrogens is 238 g/mol. The van der Waals surface area contributed by atoms with Crippen molar-refractivity contribution in [1.29, 1.82) is 0 Å². The summed E-state index contributed by atoms with van der Waals surface area (Å²) < 4.78 is 0. The minimum Gasteiger partial charge on any atom is -0.156 e. The van der Waals surface area contributed by atoms with E-state index in [0.29, 0.717) is 6.42 Å². The van der Waals surface area contributed by atoms with Crippen LogP contribution in [0.4, 0.5) is 0 Å². The Bertz CT molecular complexity index is 595. The quantitative estimate of drug-likeness (QED) is 0.783. The van der Waals surface area contributed by atoms with E-state index in [9.17, 15) is 4.91 Å². The lowest BCUT2D eigenvalue weighted by Crippen LogP contribution is -2.12. The second-order valence-corrected chi connectivity index (χ2v) is 4.45. The molecule has 0 radical (unpaired) electrons. The summed E-state index contributed by atoms with van der Waals surface area (Å²) >= 11 is 0. The molecule has 0 aromatic heterocycles. The number of nitroso groups, excluding NO2 is 1. The monoisotopic (exact) mass is 251 g/mol. The summed E-state index contributed by atoms with van der Waals surface area (Å²) in [4.78, 5) is 10.9. The average molecular weight is 251 g/mol. The molecule has 4 heteroatoms. The van der Waals surface area contributed by atoms with Gasteiger partial charge < -0.3 is 0 Å². The van der Waals surface area contributed by atoms with E-state index in [1.165, 1.54) is 5.12 Å². The first-order chi connectivity index (χ1) is 9.38. The third-order valence-corrected chi connectivity index (χ3v) is 3.26. The molecule has 1 unspecified atom stereocenters. The zero-order chi connectivity index (χ0) is 13.1. The van der Waals surface area contributed by atoms with E-state index in [-0.39, 0.29) is 6.04 Å². The highest BCUT2D eigenvalue weighted by atomic mass is 16.3. The molecular formula is C15H13N3O. The maximum atomic E-state index is 10.9. The van der Waals surface area contributed by atoms with Gasteiger partial charge in [0.25, 0.3) is 0 Å². The number of hydrazone groups is 1. The van der Waals surface area contributed by atoms with Crippen molar-refractivity contribution in [1.82, 2.24) is 5.12 Å². The number of rotatable bonds is 3. The minimum atomic E-state index is -0.103. The van der Waals surface area contributed by atoms with Crippen LogP contribution >= 0.6 is 0 Å². The molecule has 0 bridgehead atoms. The van der Waals surface area contributed by atoms with Gasteiger partial charge in [-0.25, -0.2) is 0 Å². The molecule has 0 amide bonds. The van der Waals surface area contributed by atoms with Gasteiger partial charge in [0.15, 0.2) is 0 Å². The van der Waals surface area contributed by atoms with Gasteiger partial charge in [0.05, 0.1) is 11.0 Å². The van der Waals surface area contributed by atoms with Crippen molar-refractivity contribution in [3.8, 4) is 0 Å². The molecule has 0 saturated carbocycles. The van der Waals surface area contributed by atoms with Gasteiger partial charge in [0, 0.05) is 6.42 Å². The maximum absolute atomic E-state index is 10.9. The van der Waals surface area contributed by atoms with Crippen LogP contribution in [0.2, 0.25) is 0 Å². The number of benzene rings is 2. The first kappa shape index (κ1) is 11.6. The van der Waals surface area contributed by atoms with Gasteiger partial charge in [0.1, 0.15) is 6.04 Å². The summed E-state index contributed by atoms with van der Waals surface area (Å²) in [6.07, 6.45) is 0.694. The van der Waals surface area contributed by atoms with Gasteiger partial charge in [0.2, 0.25) is 0 Å². The van der Waals surface area contributed by atoms with Crippen LogP contribution in [0.1, 0.15) is 23.6 Å². The largest absolute Gasteiger partial charge is 0.156 e. The van der Waals surface area contributed by atoms with Crippen LogP contribution < -0.4 is 0 Å². The molecule has 1 atom stereocenters. The fourth-order valence-corrected chi connectivity index (χ4v) is 2.31. The molecule has 2 aromatic rings. The van der Waals surface area contributed by atoms with Gasteiger partial charge in [-0.05, 0) is 11.1 Å². The van der Waals surface area contributed by atoms with Crippen LogP contribution in [0.5, 0.6) is 0 Å². The molecule has 0 fully saturated rings. The minimum absolute atomic E-state index is 0.103. The molecule has 0 N–H and O–H groups in total. The normalized spacial score (nSPS) is 18.2. The Morgan fingerprint density at radius 3 is 2.26 bits per heavy atom. The van der Waals surface area contributed by atoms with Gasteiger partial charge in [-0.1, -0.05) is 60.7 Å². The van der Waals surface area contributed by atoms with E-state index in [1.54, 1.807) is 0 Å². The summed E-state index contributed by atoms with van der Waals surface area (Å²) in [6, 6.07) is 19.6. The number of hydrogen-bond donors (Lipinski definition) is 0. The Morgan fingerprint density at radius 1 is 1.00 bits per heavy atom. The van der Waals surface area contributed by atoms with Crippen LogP contribution in [0.15, 0.2) is 71.1 Å². The SMILES string of the molecule is O=NN1N=C(c2ccccc2)CC1c1ccccc1. The number of nitrogens with zero attached hydrogens (tertiary/aromatic N) is 3. The molecule has 1 aliphatic heterocycles. The molecule has 0 aliphatic carbocycles. The van der Waals surface area contributed by atoms with Gasteiger partial charge in [-0.2, -0.15) is 5.10 Å². The molecule has 3 rings (SSSR count). The number of hydrogen-bond acceptors (Lipinski definition) is 3. The first-order valence-electron chi connectivity index (χ1n) is 6.19. The van der Waals surface area contributed by atoms with Crippen molar-refractivity contribution >= 4 is 5.71 Å². The molecule has 19 heavy (non-hydrogen) atoms. The van der Waals surface area contributed by atoms with Crippen LogP contribution in [0.25, 0.3) is 0 Å². The van der Waals surface area contributed by atoms with Crippen LogP contribution in [-0.4, -0.2) is 10.8 Å². The highest BCUT2D eigenvalue weighted by Crippen LogP contribution is 2.32. The average Bonchev–Trinajstić information content (AvgIpc) is 2.93. The predicted octanol–water partition coefficient (Wildman–Crippen LogP) is 3.52. The lowest BCUT2D eigenvalue weighted by Gasteiger charge is -2.14. The lowest BCUT2D eigenvalue weighted by atomic mass is 9.99. The van der Waals surface area contributed by atoms with Gasteiger partial charge >= 0.3 is 0 Å². The van der Waals surface area contributed by atoms with Gasteiger partial charge in [-0.3, -0.25) is 0 Å². The Morgan fingerprint density at radius 2 is 1.63 bits per heavy atom. The molecule has 94 valence electrons. The van der Waals surface area contributed by atoms with Crippen molar-refractivity contribution in [2.75, 3.05) is 0 Å². The zero-order valence-electron chi connectivity index (χ0n) is 10.3. The highest BCUT2D eigenvalue weighted by molar-refractivity contribution is 6.01. The fraction of sp³-hybridized carbons (Fsp3) is 0.133. The molecule has 0 spiro atoms. The van der Waals surface area contributed by atoms with Crippen LogP contribution in [-0.2, 0) is 0 Å². The van der Waals surface area contributed by atoms with E-state index >= 15 is 0 Å². The Labute approximate surface area is 111 Å². The molecule has 2 aromatic carbocycles. The van der Waals surface area contributed by atoms with Crippen molar-refractivity contribution in [3.05, 3.63) is 76.7 Å². The van der Waals surface area contributed by atoms with Gasteiger partial charge in [-0.15, -0.1) is 10.0 Å². The van der Waals surface area contributed by atoms with E-state index in [0.717, 1.165) is 16.8 Å². The van der Waals surface area contributed by atoms with E-state index in [1.807, 2.05) is 60.7 Å². The highest BCUT2D eigenvalue weighted by Gasteiger charge is 2.29. The molecule has 1 aliphatic rings. The Kier molecular flexibility index (Phi) is 3.06. The third kappa shape index (κ3) is 2.25. The fourth-order valence-electron chi connectivity index (χ4n) is 2.31. The Hall–Kier alpha value is -2.49. The molecule has 4 nitrogen and oxygen atoms in total. The summed E-state index contributed by atoms with van der Waals surface area (Å²) in [6.45, 7) is 0. The maximum Gasteiger partial charge on any atom is 0.105 e. The first-order valence-corrected chi connectivity index (χ1v) is 6.19. The Balaban J connectivity index is 1.90. The van der Waals surface area contributed by atoms with E-state index in [4.69, 9.17) is 0 Å². The second-order valence-electron chi connectivity index (χ2n) is 4.45. The third-order valence-electron chi connectivity index (χ3n) is 3.26. The van der Waals surface area contributed by atoms with Crippen LogP contribution in [0.3, 0.4) is 0 Å². The predicted molar refractivity (Wildman–Crippen MR) is 74.4 cm³/mol. The van der Waals surface area contributed by atoms with Crippen molar-refractivity contribution in [3.63, 3.8) is 0 Å². The second kappa shape index (κ2) is 5.02. The van der Waals surface area contributed by atoms with E-state index < -0.39 is 0 Å². The standard InChI is InChI=1S/C15H13N3O/c19-17-18-15(13-9-5-2-6-10-13)11-14(16-18)12-7-3-1-4-8-12/h1-10,15H,11H2. The van der Waals surface area contributed by atoms with Crippen molar-refractivity contribution in [2.24, 2.45) is 10.4 Å². The summed E-state index contributed by atoms with van der Waals surface area (Å²) in [7, 11) is 0. The summed E-state index contributed by atoms with van der Waals surface area (Å²) in [5.41, 5.74) is 2.99. The summed E-state index contributed by atoms with van der Waals surface area (Å²) in [5.74, 6) is 0. The lowest BCUT2D eigenvalue weighted by molar-refractivity contribution is 0.241. The zero-order valence-corrected chi connectivity index (χ0v) is 10.3. The molecule has 1 heterocycles. The topological polar surface area (TPSA) is 45.0 Å².